The first-order valence-corrected chi connectivity index (χ1v) is 15.5. The largest absolute Gasteiger partial charge is 0.435 e. The van der Waals surface area contributed by atoms with Crippen LogP contribution in [0.2, 0.25) is 5.02 Å². The van der Waals surface area contributed by atoms with E-state index in [2.05, 4.69) is 25.5 Å². The van der Waals surface area contributed by atoms with Gasteiger partial charge in [0.25, 0.3) is 11.8 Å². The summed E-state index contributed by atoms with van der Waals surface area (Å²) in [5.41, 5.74) is 6.25. The van der Waals surface area contributed by atoms with Gasteiger partial charge in [0.05, 0.1) is 10.6 Å². The predicted octanol–water partition coefficient (Wildman–Crippen LogP) is 4.01. The van der Waals surface area contributed by atoms with Gasteiger partial charge in [-0.25, -0.2) is 4.98 Å². The normalized spacial score (nSPS) is 20.5. The Bertz CT molecular complexity index is 1590. The maximum Gasteiger partial charge on any atom is 0.435 e. The number of hydrogen-bond donors (Lipinski definition) is 4. The highest BCUT2D eigenvalue weighted by Gasteiger charge is 2.39. The van der Waals surface area contributed by atoms with E-state index in [4.69, 9.17) is 17.3 Å². The van der Waals surface area contributed by atoms with Crippen molar-refractivity contribution in [3.63, 3.8) is 0 Å². The number of piperazine rings is 1. The number of benzene rings is 1. The zero-order chi connectivity index (χ0) is 31.9. The molecule has 0 atom stereocenters. The predicted molar refractivity (Wildman–Crippen MR) is 159 cm³/mol. The van der Waals surface area contributed by atoms with Crippen molar-refractivity contribution < 1.29 is 27.6 Å². The van der Waals surface area contributed by atoms with Gasteiger partial charge in [0.1, 0.15) is 0 Å². The first-order valence-electron chi connectivity index (χ1n) is 15.1. The van der Waals surface area contributed by atoms with E-state index in [1.807, 2.05) is 0 Å². The van der Waals surface area contributed by atoms with Crippen LogP contribution in [0.4, 0.5) is 18.9 Å². The van der Waals surface area contributed by atoms with Crippen LogP contribution in [-0.2, 0) is 23.8 Å². The van der Waals surface area contributed by atoms with E-state index in [1.165, 1.54) is 24.4 Å². The number of hydrogen-bond acceptors (Lipinski definition) is 6. The summed E-state index contributed by atoms with van der Waals surface area (Å²) < 4.78 is 41.0. The van der Waals surface area contributed by atoms with Gasteiger partial charge >= 0.3 is 6.18 Å². The molecule has 2 aliphatic carbocycles. The molecule has 3 fully saturated rings. The molecule has 3 aliphatic rings. The number of rotatable bonds is 8. The molecule has 240 valence electrons. The SMILES string of the molecule is NC1CC(C(=O)N2CCN(C(=O)c3ccc(NC(=O)c4ncc(Cc5c(C(F)(F)F)n[nH]c5CC5CCC5)[nH]4)cc3Cl)CC2)C1. The van der Waals surface area contributed by atoms with Gasteiger partial charge in [-0.1, -0.05) is 30.9 Å². The monoisotopic (exact) mass is 646 g/mol. The summed E-state index contributed by atoms with van der Waals surface area (Å²) in [6.45, 7) is 1.63. The number of carbonyl (C=O) groups is 3. The summed E-state index contributed by atoms with van der Waals surface area (Å²) in [6.07, 6.45) is 1.51. The number of alkyl halides is 3. The van der Waals surface area contributed by atoms with Crippen LogP contribution in [0.5, 0.6) is 0 Å². The summed E-state index contributed by atoms with van der Waals surface area (Å²) in [4.78, 5) is 49.0. The molecule has 1 aromatic carbocycles. The Morgan fingerprint density at radius 3 is 2.42 bits per heavy atom. The van der Waals surface area contributed by atoms with Crippen molar-refractivity contribution in [2.24, 2.45) is 17.6 Å². The Kier molecular flexibility index (Phi) is 8.61. The van der Waals surface area contributed by atoms with Crippen molar-refractivity contribution in [2.45, 2.75) is 57.2 Å². The average Bonchev–Trinajstić information content (AvgIpc) is 3.60. The Morgan fingerprint density at radius 2 is 1.80 bits per heavy atom. The Morgan fingerprint density at radius 1 is 1.09 bits per heavy atom. The molecule has 3 aromatic rings. The number of H-pyrrole nitrogens is 2. The molecular weight excluding hydrogens is 613 g/mol. The number of carbonyl (C=O) groups excluding carboxylic acids is 3. The molecule has 6 rings (SSSR count). The summed E-state index contributed by atoms with van der Waals surface area (Å²) in [5.74, 6) is -0.592. The zero-order valence-corrected chi connectivity index (χ0v) is 25.2. The molecule has 5 N–H and O–H groups in total. The quantitative estimate of drug-likeness (QED) is 0.290. The third kappa shape index (κ3) is 6.71. The van der Waals surface area contributed by atoms with Gasteiger partial charge in [-0.3, -0.25) is 19.5 Å². The lowest BCUT2D eigenvalue weighted by molar-refractivity contribution is -0.142. The average molecular weight is 647 g/mol. The number of halogens is 4. The van der Waals surface area contributed by atoms with Crippen LogP contribution < -0.4 is 11.1 Å². The summed E-state index contributed by atoms with van der Waals surface area (Å²) in [6, 6.07) is 4.59. The maximum atomic E-state index is 13.7. The van der Waals surface area contributed by atoms with E-state index in [0.29, 0.717) is 68.4 Å². The number of amides is 3. The third-order valence-electron chi connectivity index (χ3n) is 9.01. The minimum Gasteiger partial charge on any atom is -0.339 e. The zero-order valence-electron chi connectivity index (χ0n) is 24.4. The summed E-state index contributed by atoms with van der Waals surface area (Å²) in [5, 5.41) is 8.92. The molecule has 0 spiro atoms. The van der Waals surface area contributed by atoms with Crippen molar-refractivity contribution in [1.82, 2.24) is 30.0 Å². The summed E-state index contributed by atoms with van der Waals surface area (Å²) >= 11 is 6.43. The van der Waals surface area contributed by atoms with Gasteiger partial charge < -0.3 is 25.8 Å². The number of aromatic amines is 2. The van der Waals surface area contributed by atoms with Crippen LogP contribution >= 0.6 is 11.6 Å². The summed E-state index contributed by atoms with van der Waals surface area (Å²) in [7, 11) is 0. The van der Waals surface area contributed by atoms with Crippen molar-refractivity contribution in [3.8, 4) is 0 Å². The molecule has 0 unspecified atom stereocenters. The highest BCUT2D eigenvalue weighted by atomic mass is 35.5. The van der Waals surface area contributed by atoms with E-state index in [9.17, 15) is 27.6 Å². The Labute approximate surface area is 262 Å². The van der Waals surface area contributed by atoms with Crippen molar-refractivity contribution in [1.29, 1.82) is 0 Å². The Balaban J connectivity index is 1.06. The first kappa shape index (κ1) is 31.1. The molecule has 3 amide bonds. The van der Waals surface area contributed by atoms with E-state index >= 15 is 0 Å². The molecule has 1 aliphatic heterocycles. The van der Waals surface area contributed by atoms with Gasteiger partial charge in [0.2, 0.25) is 5.91 Å². The van der Waals surface area contributed by atoms with Gasteiger partial charge in [0.15, 0.2) is 11.5 Å². The highest BCUT2D eigenvalue weighted by molar-refractivity contribution is 6.34. The molecule has 2 aromatic heterocycles. The van der Waals surface area contributed by atoms with E-state index in [0.717, 1.165) is 19.3 Å². The molecule has 45 heavy (non-hydrogen) atoms. The first-order chi connectivity index (χ1) is 21.5. The van der Waals surface area contributed by atoms with Crippen LogP contribution in [0.15, 0.2) is 24.4 Å². The molecule has 15 heteroatoms. The van der Waals surface area contributed by atoms with Crippen LogP contribution in [-0.4, -0.2) is 79.9 Å². The van der Waals surface area contributed by atoms with Crippen LogP contribution in [0.3, 0.4) is 0 Å². The second kappa shape index (κ2) is 12.5. The molecule has 1 saturated heterocycles. The standard InChI is InChI=1S/C30H34ClF3N8O3/c31-23-14-19(4-5-21(23)29(45)42-8-6-41(7-9-42)28(44)17-11-18(35)12-17)38-27(43)26-36-15-20(37-26)13-22-24(10-16-2-1-3-16)39-40-25(22)30(32,33)34/h4-5,14-18H,1-3,6-13,35H2,(H,36,37)(H,38,43)(H,39,40). The third-order valence-corrected chi connectivity index (χ3v) is 9.32. The van der Waals surface area contributed by atoms with E-state index < -0.39 is 17.8 Å². The molecule has 11 nitrogen and oxygen atoms in total. The maximum absolute atomic E-state index is 13.7. The minimum absolute atomic E-state index is 0.0274. The fraction of sp³-hybridized carbons (Fsp3) is 0.500. The van der Waals surface area contributed by atoms with Crippen LogP contribution in [0.25, 0.3) is 0 Å². The number of aromatic nitrogens is 4. The van der Waals surface area contributed by atoms with Gasteiger partial charge in [-0.2, -0.15) is 18.3 Å². The van der Waals surface area contributed by atoms with Gasteiger partial charge in [-0.05, 0) is 43.4 Å². The van der Waals surface area contributed by atoms with Crippen LogP contribution in [0.1, 0.15) is 75.7 Å². The number of imidazole rings is 1. The smallest absolute Gasteiger partial charge is 0.339 e. The Hall–Kier alpha value is -3.91. The fourth-order valence-electron chi connectivity index (χ4n) is 6.11. The molecule has 2 saturated carbocycles. The number of nitrogens with one attached hydrogen (secondary N) is 3. The number of nitrogens with zero attached hydrogens (tertiary/aromatic N) is 4. The highest BCUT2D eigenvalue weighted by Crippen LogP contribution is 2.36. The topological polar surface area (TPSA) is 153 Å². The van der Waals surface area contributed by atoms with E-state index in [-0.39, 0.29) is 52.2 Å². The van der Waals surface area contributed by atoms with Crippen LogP contribution in [0, 0.1) is 11.8 Å². The minimum atomic E-state index is -4.62. The lowest BCUT2D eigenvalue weighted by Gasteiger charge is -2.40. The lowest BCUT2D eigenvalue weighted by Crippen LogP contribution is -2.54. The number of nitrogens with two attached hydrogens (primary N) is 1. The molecule has 3 heterocycles. The fourth-order valence-corrected chi connectivity index (χ4v) is 6.38. The second-order valence-electron chi connectivity index (χ2n) is 12.2. The molecular formula is C30H34ClF3N8O3. The van der Waals surface area contributed by atoms with Crippen molar-refractivity contribution in [3.05, 3.63) is 63.5 Å². The van der Waals surface area contributed by atoms with E-state index in [1.54, 1.807) is 9.80 Å². The lowest BCUT2D eigenvalue weighted by atomic mass is 9.80. The molecule has 0 radical (unpaired) electrons. The number of anilines is 1. The molecule has 0 bridgehead atoms. The van der Waals surface area contributed by atoms with Crippen molar-refractivity contribution >= 4 is 35.0 Å². The second-order valence-corrected chi connectivity index (χ2v) is 12.6. The van der Waals surface area contributed by atoms with Gasteiger partial charge in [0, 0.05) is 73.4 Å². The van der Waals surface area contributed by atoms with Crippen molar-refractivity contribution in [2.75, 3.05) is 31.5 Å². The van der Waals surface area contributed by atoms with Gasteiger partial charge in [-0.15, -0.1) is 0 Å².